The summed E-state index contributed by atoms with van der Waals surface area (Å²) in [7, 11) is 0. The molecule has 0 spiro atoms. The van der Waals surface area contributed by atoms with Crippen LogP contribution in [0.25, 0.3) is 0 Å². The van der Waals surface area contributed by atoms with Gasteiger partial charge in [0.05, 0.1) is 13.2 Å². The standard InChI is InChI=1S/C20H28N2O2/c23-19(10-17-6-7-17)21-13-20-14-22(11-18(20)12-24-15-20)9-8-16-4-2-1-3-5-16/h1-5,17-18H,6-15H2,(H,21,23)/t18-,20+/m1/s1. The number of likely N-dealkylation sites (tertiary alicyclic amines) is 1. The number of rotatable bonds is 7. The van der Waals surface area contributed by atoms with E-state index in [-0.39, 0.29) is 11.3 Å². The molecule has 1 aromatic carbocycles. The Morgan fingerprint density at radius 1 is 1.29 bits per heavy atom. The molecule has 0 radical (unpaired) electrons. The van der Waals surface area contributed by atoms with E-state index < -0.39 is 0 Å². The number of carbonyl (C=O) groups is 1. The molecule has 3 fully saturated rings. The van der Waals surface area contributed by atoms with Crippen LogP contribution >= 0.6 is 0 Å². The molecule has 2 atom stereocenters. The Labute approximate surface area is 144 Å². The topological polar surface area (TPSA) is 41.6 Å². The van der Waals surface area contributed by atoms with Gasteiger partial charge in [-0.3, -0.25) is 4.79 Å². The molecule has 2 saturated heterocycles. The highest BCUT2D eigenvalue weighted by molar-refractivity contribution is 5.76. The van der Waals surface area contributed by atoms with E-state index in [1.807, 2.05) is 0 Å². The van der Waals surface area contributed by atoms with E-state index >= 15 is 0 Å². The lowest BCUT2D eigenvalue weighted by Gasteiger charge is -2.27. The second-order valence-electron chi connectivity index (χ2n) is 7.97. The summed E-state index contributed by atoms with van der Waals surface area (Å²) in [5.74, 6) is 1.46. The van der Waals surface area contributed by atoms with Crippen molar-refractivity contribution in [2.24, 2.45) is 17.3 Å². The van der Waals surface area contributed by atoms with Gasteiger partial charge in [0, 0.05) is 43.9 Å². The van der Waals surface area contributed by atoms with E-state index in [1.54, 1.807) is 0 Å². The van der Waals surface area contributed by atoms with Crippen LogP contribution in [0.1, 0.15) is 24.8 Å². The maximum absolute atomic E-state index is 12.1. The molecule has 3 aliphatic rings. The van der Waals surface area contributed by atoms with Crippen molar-refractivity contribution in [1.29, 1.82) is 0 Å². The highest BCUT2D eigenvalue weighted by Gasteiger charge is 2.50. The van der Waals surface area contributed by atoms with Crippen LogP contribution in [-0.4, -0.2) is 50.2 Å². The van der Waals surface area contributed by atoms with Gasteiger partial charge < -0.3 is 15.0 Å². The van der Waals surface area contributed by atoms with Gasteiger partial charge in [-0.2, -0.15) is 0 Å². The maximum Gasteiger partial charge on any atom is 0.220 e. The van der Waals surface area contributed by atoms with Crippen molar-refractivity contribution in [2.45, 2.75) is 25.7 Å². The van der Waals surface area contributed by atoms with Crippen molar-refractivity contribution in [1.82, 2.24) is 10.2 Å². The molecule has 24 heavy (non-hydrogen) atoms. The normalized spacial score (nSPS) is 29.6. The average molecular weight is 328 g/mol. The first kappa shape index (κ1) is 16.1. The molecule has 1 amide bonds. The first-order valence-electron chi connectivity index (χ1n) is 9.34. The Balaban J connectivity index is 1.30. The molecule has 1 aliphatic carbocycles. The number of nitrogens with one attached hydrogen (secondary N) is 1. The van der Waals surface area contributed by atoms with E-state index in [0.29, 0.717) is 11.8 Å². The smallest absolute Gasteiger partial charge is 0.220 e. The summed E-state index contributed by atoms with van der Waals surface area (Å²) < 4.78 is 5.77. The van der Waals surface area contributed by atoms with Crippen LogP contribution in [0, 0.1) is 17.3 Å². The zero-order valence-corrected chi connectivity index (χ0v) is 14.4. The summed E-state index contributed by atoms with van der Waals surface area (Å²) in [6.45, 7) is 5.67. The molecule has 4 rings (SSSR count). The van der Waals surface area contributed by atoms with Crippen LogP contribution in [-0.2, 0) is 16.0 Å². The highest BCUT2D eigenvalue weighted by Crippen LogP contribution is 2.41. The van der Waals surface area contributed by atoms with Crippen LogP contribution in [0.15, 0.2) is 30.3 Å². The number of hydrogen-bond donors (Lipinski definition) is 1. The number of fused-ring (bicyclic) bond motifs is 1. The van der Waals surface area contributed by atoms with Crippen LogP contribution < -0.4 is 5.32 Å². The Hall–Kier alpha value is -1.39. The van der Waals surface area contributed by atoms with Crippen LogP contribution in [0.3, 0.4) is 0 Å². The third kappa shape index (κ3) is 3.65. The summed E-state index contributed by atoms with van der Waals surface area (Å²) in [5.41, 5.74) is 1.54. The van der Waals surface area contributed by atoms with Crippen molar-refractivity contribution in [3.8, 4) is 0 Å². The fourth-order valence-electron chi connectivity index (χ4n) is 4.23. The summed E-state index contributed by atoms with van der Waals surface area (Å²) >= 11 is 0. The second kappa shape index (κ2) is 6.85. The van der Waals surface area contributed by atoms with Gasteiger partial charge in [-0.15, -0.1) is 0 Å². The molecule has 1 aromatic rings. The van der Waals surface area contributed by atoms with Crippen molar-refractivity contribution in [2.75, 3.05) is 39.4 Å². The maximum atomic E-state index is 12.1. The number of benzene rings is 1. The van der Waals surface area contributed by atoms with Gasteiger partial charge in [0.1, 0.15) is 0 Å². The number of amides is 1. The molecule has 2 heterocycles. The Kier molecular flexibility index (Phi) is 4.59. The van der Waals surface area contributed by atoms with Crippen LogP contribution in [0.4, 0.5) is 0 Å². The summed E-state index contributed by atoms with van der Waals surface area (Å²) in [5, 5.41) is 3.21. The minimum Gasteiger partial charge on any atom is -0.380 e. The third-order valence-electron chi connectivity index (χ3n) is 5.96. The zero-order chi connectivity index (χ0) is 16.4. The molecule has 1 saturated carbocycles. The second-order valence-corrected chi connectivity index (χ2v) is 7.97. The zero-order valence-electron chi connectivity index (χ0n) is 14.4. The Morgan fingerprint density at radius 2 is 2.12 bits per heavy atom. The molecule has 0 aromatic heterocycles. The molecule has 130 valence electrons. The minimum absolute atomic E-state index is 0.135. The SMILES string of the molecule is O=C(CC1CC1)NC[C@]12COC[C@H]1CN(CCc1ccccc1)C2. The average Bonchev–Trinajstić information content (AvgIpc) is 3.21. The third-order valence-corrected chi connectivity index (χ3v) is 5.96. The van der Waals surface area contributed by atoms with Gasteiger partial charge in [0.15, 0.2) is 0 Å². The number of hydrogen-bond acceptors (Lipinski definition) is 3. The largest absolute Gasteiger partial charge is 0.380 e. The first-order chi connectivity index (χ1) is 11.7. The molecule has 4 heteroatoms. The molecule has 4 nitrogen and oxygen atoms in total. The predicted molar refractivity (Wildman–Crippen MR) is 93.7 cm³/mol. The van der Waals surface area contributed by atoms with Gasteiger partial charge in [-0.25, -0.2) is 0 Å². The number of carbonyl (C=O) groups excluding carboxylic acids is 1. The van der Waals surface area contributed by atoms with Crippen LogP contribution in [0.5, 0.6) is 0 Å². The lowest BCUT2D eigenvalue weighted by molar-refractivity contribution is -0.122. The fraction of sp³-hybridized carbons (Fsp3) is 0.650. The number of nitrogens with zero attached hydrogens (tertiary/aromatic N) is 1. The van der Waals surface area contributed by atoms with Gasteiger partial charge in [0.2, 0.25) is 5.91 Å². The summed E-state index contributed by atoms with van der Waals surface area (Å²) in [6.07, 6.45) is 4.28. The minimum atomic E-state index is 0.135. The molecular formula is C20H28N2O2. The lowest BCUT2D eigenvalue weighted by atomic mass is 9.81. The first-order valence-corrected chi connectivity index (χ1v) is 9.34. The van der Waals surface area contributed by atoms with E-state index in [1.165, 1.54) is 18.4 Å². The van der Waals surface area contributed by atoms with E-state index in [4.69, 9.17) is 4.74 Å². The quantitative estimate of drug-likeness (QED) is 0.833. The van der Waals surface area contributed by atoms with E-state index in [2.05, 4.69) is 40.5 Å². The van der Waals surface area contributed by atoms with Gasteiger partial charge in [0.25, 0.3) is 0 Å². The lowest BCUT2D eigenvalue weighted by Crippen LogP contribution is -2.43. The Morgan fingerprint density at radius 3 is 2.92 bits per heavy atom. The molecule has 1 N–H and O–H groups in total. The molecular weight excluding hydrogens is 300 g/mol. The van der Waals surface area contributed by atoms with Crippen molar-refractivity contribution < 1.29 is 9.53 Å². The monoisotopic (exact) mass is 328 g/mol. The molecule has 0 unspecified atom stereocenters. The molecule has 2 aliphatic heterocycles. The Bertz CT molecular complexity index is 572. The van der Waals surface area contributed by atoms with Gasteiger partial charge >= 0.3 is 0 Å². The summed E-state index contributed by atoms with van der Waals surface area (Å²) in [6, 6.07) is 10.7. The van der Waals surface area contributed by atoms with Gasteiger partial charge in [-0.05, 0) is 30.7 Å². The van der Waals surface area contributed by atoms with E-state index in [9.17, 15) is 4.79 Å². The van der Waals surface area contributed by atoms with E-state index in [0.717, 1.165) is 52.2 Å². The highest BCUT2D eigenvalue weighted by atomic mass is 16.5. The number of ether oxygens (including phenoxy) is 1. The predicted octanol–water partition coefficient (Wildman–Crippen LogP) is 2.09. The van der Waals surface area contributed by atoms with Crippen LogP contribution in [0.2, 0.25) is 0 Å². The molecule has 0 bridgehead atoms. The van der Waals surface area contributed by atoms with Crippen molar-refractivity contribution in [3.63, 3.8) is 0 Å². The fourth-order valence-corrected chi connectivity index (χ4v) is 4.23. The van der Waals surface area contributed by atoms with Crippen molar-refractivity contribution >= 4 is 5.91 Å². The summed E-state index contributed by atoms with van der Waals surface area (Å²) in [4.78, 5) is 14.6. The van der Waals surface area contributed by atoms with Gasteiger partial charge in [-0.1, -0.05) is 30.3 Å². The van der Waals surface area contributed by atoms with Crippen molar-refractivity contribution in [3.05, 3.63) is 35.9 Å².